The van der Waals surface area contributed by atoms with E-state index in [0.29, 0.717) is 0 Å². The van der Waals surface area contributed by atoms with Crippen molar-refractivity contribution in [2.45, 2.75) is 26.2 Å². The van der Waals surface area contributed by atoms with E-state index in [1.165, 1.54) is 16.3 Å². The summed E-state index contributed by atoms with van der Waals surface area (Å²) in [6.07, 6.45) is 2.95. The molecule has 3 aromatic rings. The van der Waals surface area contributed by atoms with E-state index in [1.807, 2.05) is 12.1 Å². The van der Waals surface area contributed by atoms with Crippen LogP contribution < -0.4 is 0 Å². The molecule has 2 aromatic carbocycles. The Bertz CT molecular complexity index is 723. The first kappa shape index (κ1) is 13.2. The molecule has 2 heteroatoms. The summed E-state index contributed by atoms with van der Waals surface area (Å²) < 4.78 is 0. The predicted octanol–water partition coefficient (Wildman–Crippen LogP) is 5.10. The largest absolute Gasteiger partial charge is 0.248 e. The van der Waals surface area contributed by atoms with E-state index in [9.17, 15) is 0 Å². The van der Waals surface area contributed by atoms with Crippen molar-refractivity contribution in [2.24, 2.45) is 0 Å². The number of nitrogens with zero attached hydrogens (tertiary/aromatic N) is 1. The van der Waals surface area contributed by atoms with Crippen LogP contribution >= 0.6 is 12.2 Å². The van der Waals surface area contributed by atoms with Crippen LogP contribution in [0.25, 0.3) is 21.8 Å². The topological polar surface area (TPSA) is 12.9 Å². The molecule has 1 aromatic heterocycles. The third-order valence-corrected chi connectivity index (χ3v) is 4.24. The zero-order valence-corrected chi connectivity index (χ0v) is 12.4. The van der Waals surface area contributed by atoms with Crippen LogP contribution in [0.15, 0.2) is 48.5 Å². The molecule has 0 unspecified atom stereocenters. The van der Waals surface area contributed by atoms with Crippen molar-refractivity contribution in [3.63, 3.8) is 0 Å². The third-order valence-electron chi connectivity index (χ3n) is 3.75. The monoisotopic (exact) mass is 279 g/mol. The highest BCUT2D eigenvalue weighted by atomic mass is 32.1. The number of rotatable bonds is 4. The molecule has 20 heavy (non-hydrogen) atoms. The molecule has 0 aliphatic carbocycles. The number of aryl methyl sites for hydroxylation is 1. The molecule has 0 radical (unpaired) electrons. The summed E-state index contributed by atoms with van der Waals surface area (Å²) in [5.74, 6) is 0. The van der Waals surface area contributed by atoms with Gasteiger partial charge in [0.25, 0.3) is 0 Å². The van der Waals surface area contributed by atoms with Crippen LogP contribution in [0.2, 0.25) is 0 Å². The highest BCUT2D eigenvalue weighted by Gasteiger charge is 2.08. The second kappa shape index (κ2) is 5.68. The maximum absolute atomic E-state index is 5.38. The summed E-state index contributed by atoms with van der Waals surface area (Å²) in [7, 11) is 0. The molecule has 0 aliphatic rings. The van der Waals surface area contributed by atoms with Gasteiger partial charge in [-0.25, -0.2) is 4.98 Å². The lowest BCUT2D eigenvalue weighted by Crippen LogP contribution is -1.98. The summed E-state index contributed by atoms with van der Waals surface area (Å²) in [6, 6.07) is 16.8. The fraction of sp³-hybridized carbons (Fsp3) is 0.222. The van der Waals surface area contributed by atoms with Crippen molar-refractivity contribution in [1.29, 1.82) is 0 Å². The van der Waals surface area contributed by atoms with Crippen LogP contribution in [0.3, 0.4) is 0 Å². The summed E-state index contributed by atoms with van der Waals surface area (Å²) >= 11 is 5.38. The Morgan fingerprint density at radius 2 is 1.50 bits per heavy atom. The Morgan fingerprint density at radius 3 is 2.05 bits per heavy atom. The SMILES string of the molecule is CCC(=S)CCc1c2ccccc2nc2ccccc12. The highest BCUT2D eigenvalue weighted by Crippen LogP contribution is 2.27. The molecule has 0 fully saturated rings. The molecule has 0 atom stereocenters. The van der Waals surface area contributed by atoms with Gasteiger partial charge in [-0.15, -0.1) is 0 Å². The number of benzene rings is 2. The average Bonchev–Trinajstić information content (AvgIpc) is 2.51. The van der Waals surface area contributed by atoms with Gasteiger partial charge in [0.05, 0.1) is 11.0 Å². The van der Waals surface area contributed by atoms with Crippen molar-refractivity contribution < 1.29 is 0 Å². The number of pyridine rings is 1. The van der Waals surface area contributed by atoms with E-state index in [-0.39, 0.29) is 0 Å². The molecular weight excluding hydrogens is 262 g/mol. The number of para-hydroxylation sites is 2. The van der Waals surface area contributed by atoms with Gasteiger partial charge in [0.2, 0.25) is 0 Å². The molecule has 0 spiro atoms. The molecule has 3 rings (SSSR count). The van der Waals surface area contributed by atoms with Crippen LogP contribution in [0.5, 0.6) is 0 Å². The predicted molar refractivity (Wildman–Crippen MR) is 90.5 cm³/mol. The molecule has 0 N–H and O–H groups in total. The molecule has 100 valence electrons. The first-order valence-corrected chi connectivity index (χ1v) is 7.48. The van der Waals surface area contributed by atoms with Crippen molar-refractivity contribution >= 4 is 38.9 Å². The Labute approximate surface area is 124 Å². The summed E-state index contributed by atoms with van der Waals surface area (Å²) in [4.78, 5) is 5.90. The maximum atomic E-state index is 5.38. The van der Waals surface area contributed by atoms with E-state index in [0.717, 1.165) is 35.2 Å². The minimum atomic E-state index is 0.976. The Hall–Kier alpha value is -1.80. The lowest BCUT2D eigenvalue weighted by molar-refractivity contribution is 1.04. The summed E-state index contributed by atoms with van der Waals surface area (Å²) in [5, 5.41) is 2.51. The van der Waals surface area contributed by atoms with Crippen LogP contribution in [0.4, 0.5) is 0 Å². The molecule has 0 saturated carbocycles. The van der Waals surface area contributed by atoms with Crippen LogP contribution in [-0.4, -0.2) is 9.85 Å². The van der Waals surface area contributed by atoms with E-state index in [2.05, 4.69) is 43.3 Å². The normalized spacial score (nSPS) is 11.1. The molecule has 0 bridgehead atoms. The van der Waals surface area contributed by atoms with Gasteiger partial charge in [-0.3, -0.25) is 0 Å². The van der Waals surface area contributed by atoms with E-state index < -0.39 is 0 Å². The minimum absolute atomic E-state index is 0.976. The first-order chi connectivity index (χ1) is 9.79. The third kappa shape index (κ3) is 2.44. The van der Waals surface area contributed by atoms with Gasteiger partial charge in [-0.2, -0.15) is 0 Å². The standard InChI is InChI=1S/C18H17NS/c1-2-13(20)11-12-14-15-7-3-5-9-17(15)19-18-10-6-4-8-16(14)18/h3-10H,2,11-12H2,1H3. The summed E-state index contributed by atoms with van der Waals surface area (Å²) in [5.41, 5.74) is 3.52. The minimum Gasteiger partial charge on any atom is -0.248 e. The van der Waals surface area contributed by atoms with Gasteiger partial charge in [-0.05, 0) is 41.8 Å². The van der Waals surface area contributed by atoms with Gasteiger partial charge in [0.1, 0.15) is 0 Å². The Balaban J connectivity index is 2.20. The zero-order chi connectivity index (χ0) is 13.9. The quantitative estimate of drug-likeness (QED) is 0.487. The first-order valence-electron chi connectivity index (χ1n) is 7.07. The van der Waals surface area contributed by atoms with Crippen molar-refractivity contribution in [3.8, 4) is 0 Å². The van der Waals surface area contributed by atoms with E-state index in [1.54, 1.807) is 0 Å². The van der Waals surface area contributed by atoms with E-state index in [4.69, 9.17) is 17.2 Å². The molecule has 1 heterocycles. The van der Waals surface area contributed by atoms with Crippen molar-refractivity contribution in [1.82, 2.24) is 4.98 Å². The van der Waals surface area contributed by atoms with Gasteiger partial charge in [0.15, 0.2) is 0 Å². The Kier molecular flexibility index (Phi) is 3.75. The van der Waals surface area contributed by atoms with Gasteiger partial charge in [0, 0.05) is 10.8 Å². The second-order valence-corrected chi connectivity index (χ2v) is 5.59. The van der Waals surface area contributed by atoms with Crippen molar-refractivity contribution in [2.75, 3.05) is 0 Å². The number of hydrogen-bond donors (Lipinski definition) is 0. The fourth-order valence-corrected chi connectivity index (χ4v) is 2.74. The zero-order valence-electron chi connectivity index (χ0n) is 11.6. The molecule has 0 saturated heterocycles. The van der Waals surface area contributed by atoms with Gasteiger partial charge < -0.3 is 0 Å². The Morgan fingerprint density at radius 1 is 0.950 bits per heavy atom. The molecule has 0 aliphatic heterocycles. The fourth-order valence-electron chi connectivity index (χ4n) is 2.64. The van der Waals surface area contributed by atoms with E-state index >= 15 is 0 Å². The van der Waals surface area contributed by atoms with Crippen LogP contribution in [0.1, 0.15) is 25.3 Å². The van der Waals surface area contributed by atoms with Gasteiger partial charge >= 0.3 is 0 Å². The second-order valence-electron chi connectivity index (χ2n) is 5.02. The molecule has 0 amide bonds. The highest BCUT2D eigenvalue weighted by molar-refractivity contribution is 7.80. The van der Waals surface area contributed by atoms with Crippen molar-refractivity contribution in [3.05, 3.63) is 54.1 Å². The number of hydrogen-bond acceptors (Lipinski definition) is 2. The maximum Gasteiger partial charge on any atom is 0.0712 e. The number of fused-ring (bicyclic) bond motifs is 2. The molecular formula is C18H17NS. The van der Waals surface area contributed by atoms with Crippen LogP contribution in [-0.2, 0) is 6.42 Å². The number of aromatic nitrogens is 1. The molecule has 1 nitrogen and oxygen atoms in total. The van der Waals surface area contributed by atoms with Crippen LogP contribution in [0, 0.1) is 0 Å². The smallest absolute Gasteiger partial charge is 0.0712 e. The lowest BCUT2D eigenvalue weighted by atomic mass is 9.98. The van der Waals surface area contributed by atoms with Gasteiger partial charge in [-0.1, -0.05) is 55.5 Å². The lowest BCUT2D eigenvalue weighted by Gasteiger charge is -2.10. The average molecular weight is 279 g/mol. The number of thiocarbonyl (C=S) groups is 1. The summed E-state index contributed by atoms with van der Waals surface area (Å²) in [6.45, 7) is 2.13.